The van der Waals surface area contributed by atoms with E-state index in [9.17, 15) is 0 Å². The van der Waals surface area contributed by atoms with Gasteiger partial charge in [0, 0.05) is 25.3 Å². The highest BCUT2D eigenvalue weighted by Gasteiger charge is 2.10. The lowest BCUT2D eigenvalue weighted by molar-refractivity contribution is 0.421. The standard InChI is InChI=1S/C11H19N7/c1-11(2,3)12-5-9-7-18(16-13-9)8-10-6-17(4)15-14-10/h6-7,12H,5,8H2,1-4H3. The fourth-order valence-corrected chi connectivity index (χ4v) is 1.49. The lowest BCUT2D eigenvalue weighted by atomic mass is 10.1. The smallest absolute Gasteiger partial charge is 0.104 e. The molecule has 0 radical (unpaired) electrons. The van der Waals surface area contributed by atoms with Crippen molar-refractivity contribution in [2.24, 2.45) is 7.05 Å². The summed E-state index contributed by atoms with van der Waals surface area (Å²) in [5, 5.41) is 19.5. The lowest BCUT2D eigenvalue weighted by Gasteiger charge is -2.19. The molecule has 0 aliphatic carbocycles. The first-order valence-corrected chi connectivity index (χ1v) is 5.92. The molecule has 2 heterocycles. The maximum Gasteiger partial charge on any atom is 0.104 e. The first-order valence-electron chi connectivity index (χ1n) is 5.92. The largest absolute Gasteiger partial charge is 0.306 e. The normalized spacial score (nSPS) is 12.0. The van der Waals surface area contributed by atoms with Gasteiger partial charge >= 0.3 is 0 Å². The number of nitrogens with zero attached hydrogens (tertiary/aromatic N) is 6. The summed E-state index contributed by atoms with van der Waals surface area (Å²) in [4.78, 5) is 0. The van der Waals surface area contributed by atoms with Gasteiger partial charge in [0.2, 0.25) is 0 Å². The van der Waals surface area contributed by atoms with Crippen molar-refractivity contribution in [1.29, 1.82) is 0 Å². The zero-order chi connectivity index (χ0) is 13.2. The summed E-state index contributed by atoms with van der Waals surface area (Å²) >= 11 is 0. The van der Waals surface area contributed by atoms with E-state index in [0.29, 0.717) is 13.1 Å². The highest BCUT2D eigenvalue weighted by molar-refractivity contribution is 4.97. The van der Waals surface area contributed by atoms with E-state index in [1.54, 1.807) is 9.36 Å². The Labute approximate surface area is 106 Å². The summed E-state index contributed by atoms with van der Waals surface area (Å²) in [5.74, 6) is 0. The predicted molar refractivity (Wildman–Crippen MR) is 66.7 cm³/mol. The highest BCUT2D eigenvalue weighted by atomic mass is 15.4. The van der Waals surface area contributed by atoms with Crippen LogP contribution in [0, 0.1) is 0 Å². The number of hydrogen-bond acceptors (Lipinski definition) is 5. The first-order chi connectivity index (χ1) is 8.42. The van der Waals surface area contributed by atoms with Crippen molar-refractivity contribution in [3.8, 4) is 0 Å². The molecule has 7 nitrogen and oxygen atoms in total. The minimum absolute atomic E-state index is 0.0781. The van der Waals surface area contributed by atoms with Crippen LogP contribution in [-0.2, 0) is 20.1 Å². The van der Waals surface area contributed by atoms with Gasteiger partial charge in [-0.15, -0.1) is 10.2 Å². The molecule has 2 rings (SSSR count). The molecule has 0 amide bonds. The van der Waals surface area contributed by atoms with Crippen LogP contribution in [0.4, 0.5) is 0 Å². The summed E-state index contributed by atoms with van der Waals surface area (Å²) in [6.07, 6.45) is 3.79. The first kappa shape index (κ1) is 12.7. The summed E-state index contributed by atoms with van der Waals surface area (Å²) < 4.78 is 3.44. The van der Waals surface area contributed by atoms with Gasteiger partial charge in [-0.2, -0.15) is 0 Å². The number of hydrogen-bond donors (Lipinski definition) is 1. The van der Waals surface area contributed by atoms with Gasteiger partial charge in [-0.1, -0.05) is 10.4 Å². The molecule has 0 aliphatic rings. The Kier molecular flexibility index (Phi) is 3.42. The van der Waals surface area contributed by atoms with E-state index in [2.05, 4.69) is 46.7 Å². The fraction of sp³-hybridized carbons (Fsp3) is 0.636. The van der Waals surface area contributed by atoms with E-state index in [0.717, 1.165) is 11.4 Å². The van der Waals surface area contributed by atoms with Gasteiger partial charge in [-0.25, -0.2) is 4.68 Å². The van der Waals surface area contributed by atoms with Crippen molar-refractivity contribution < 1.29 is 0 Å². The van der Waals surface area contributed by atoms with Crippen LogP contribution in [0.25, 0.3) is 0 Å². The van der Waals surface area contributed by atoms with Crippen molar-refractivity contribution in [2.75, 3.05) is 0 Å². The Balaban J connectivity index is 1.94. The summed E-state index contributed by atoms with van der Waals surface area (Å²) in [6.45, 7) is 7.67. The van der Waals surface area contributed by atoms with Crippen molar-refractivity contribution in [3.63, 3.8) is 0 Å². The zero-order valence-electron chi connectivity index (χ0n) is 11.3. The molecule has 2 aromatic rings. The van der Waals surface area contributed by atoms with Gasteiger partial charge in [0.1, 0.15) is 5.69 Å². The Morgan fingerprint density at radius 1 is 1.11 bits per heavy atom. The van der Waals surface area contributed by atoms with Gasteiger partial charge < -0.3 is 5.32 Å². The molecule has 1 N–H and O–H groups in total. The fourth-order valence-electron chi connectivity index (χ4n) is 1.49. The molecule has 98 valence electrons. The van der Waals surface area contributed by atoms with Gasteiger partial charge in [0.25, 0.3) is 0 Å². The quantitative estimate of drug-likeness (QED) is 0.846. The SMILES string of the molecule is Cn1cc(Cn2cc(CNC(C)(C)C)nn2)nn1. The molecular formula is C11H19N7. The minimum Gasteiger partial charge on any atom is -0.306 e. The highest BCUT2D eigenvalue weighted by Crippen LogP contribution is 2.02. The monoisotopic (exact) mass is 249 g/mol. The van der Waals surface area contributed by atoms with Crippen LogP contribution < -0.4 is 5.32 Å². The molecule has 7 heteroatoms. The van der Waals surface area contributed by atoms with Gasteiger partial charge in [-0.3, -0.25) is 4.68 Å². The van der Waals surface area contributed by atoms with Crippen molar-refractivity contribution in [3.05, 3.63) is 23.8 Å². The van der Waals surface area contributed by atoms with Crippen LogP contribution in [0.5, 0.6) is 0 Å². The third-order valence-electron chi connectivity index (χ3n) is 2.36. The third kappa shape index (κ3) is 3.63. The molecule has 0 spiro atoms. The molecule has 0 aliphatic heterocycles. The molecule has 0 saturated carbocycles. The molecule has 0 bridgehead atoms. The van der Waals surface area contributed by atoms with Crippen molar-refractivity contribution >= 4 is 0 Å². The molecule has 0 fully saturated rings. The van der Waals surface area contributed by atoms with E-state index in [1.807, 2.05) is 19.4 Å². The molecule has 0 aromatic carbocycles. The number of rotatable bonds is 4. The van der Waals surface area contributed by atoms with Gasteiger partial charge in [0.15, 0.2) is 0 Å². The molecular weight excluding hydrogens is 230 g/mol. The topological polar surface area (TPSA) is 73.5 Å². The van der Waals surface area contributed by atoms with E-state index >= 15 is 0 Å². The summed E-state index contributed by atoms with van der Waals surface area (Å²) in [7, 11) is 1.84. The van der Waals surface area contributed by atoms with E-state index in [1.165, 1.54) is 0 Å². The summed E-state index contributed by atoms with van der Waals surface area (Å²) in [6, 6.07) is 0. The molecule has 0 saturated heterocycles. The molecule has 2 aromatic heterocycles. The maximum absolute atomic E-state index is 4.12. The number of aromatic nitrogens is 6. The predicted octanol–water partition coefficient (Wildman–Crippen LogP) is 0.343. The average molecular weight is 249 g/mol. The van der Waals surface area contributed by atoms with Crippen LogP contribution in [-0.4, -0.2) is 35.5 Å². The van der Waals surface area contributed by atoms with Gasteiger partial charge in [-0.05, 0) is 20.8 Å². The molecule has 0 atom stereocenters. The number of aryl methyl sites for hydroxylation is 1. The minimum atomic E-state index is 0.0781. The van der Waals surface area contributed by atoms with Crippen molar-refractivity contribution in [1.82, 2.24) is 35.3 Å². The molecule has 0 unspecified atom stereocenters. The van der Waals surface area contributed by atoms with E-state index in [4.69, 9.17) is 0 Å². The Hall–Kier alpha value is -1.76. The van der Waals surface area contributed by atoms with Crippen LogP contribution >= 0.6 is 0 Å². The van der Waals surface area contributed by atoms with E-state index < -0.39 is 0 Å². The van der Waals surface area contributed by atoms with Crippen LogP contribution in [0.3, 0.4) is 0 Å². The zero-order valence-corrected chi connectivity index (χ0v) is 11.3. The van der Waals surface area contributed by atoms with Crippen molar-refractivity contribution in [2.45, 2.75) is 39.4 Å². The second-order valence-corrected chi connectivity index (χ2v) is 5.39. The lowest BCUT2D eigenvalue weighted by Crippen LogP contribution is -2.35. The number of nitrogens with one attached hydrogen (secondary N) is 1. The van der Waals surface area contributed by atoms with Crippen LogP contribution in [0.15, 0.2) is 12.4 Å². The van der Waals surface area contributed by atoms with Crippen LogP contribution in [0.2, 0.25) is 0 Å². The van der Waals surface area contributed by atoms with E-state index in [-0.39, 0.29) is 5.54 Å². The average Bonchev–Trinajstić information content (AvgIpc) is 2.85. The Bertz CT molecular complexity index is 505. The Morgan fingerprint density at radius 3 is 2.44 bits per heavy atom. The third-order valence-corrected chi connectivity index (χ3v) is 2.36. The second-order valence-electron chi connectivity index (χ2n) is 5.39. The summed E-state index contributed by atoms with van der Waals surface area (Å²) in [5.41, 5.74) is 1.88. The molecule has 18 heavy (non-hydrogen) atoms. The Morgan fingerprint density at radius 2 is 1.83 bits per heavy atom. The second kappa shape index (κ2) is 4.85. The van der Waals surface area contributed by atoms with Gasteiger partial charge in [0.05, 0.1) is 18.4 Å². The maximum atomic E-state index is 4.12. The van der Waals surface area contributed by atoms with Crippen LogP contribution in [0.1, 0.15) is 32.2 Å².